The van der Waals surface area contributed by atoms with Crippen LogP contribution in [0.2, 0.25) is 10.0 Å². The second-order valence-electron chi connectivity index (χ2n) is 3.02. The molecule has 4 nitrogen and oxygen atoms in total. The number of nitrogens with zero attached hydrogens (tertiary/aromatic N) is 1. The van der Waals surface area contributed by atoms with Crippen LogP contribution in [0.15, 0.2) is 23.2 Å². The summed E-state index contributed by atoms with van der Waals surface area (Å²) in [7, 11) is 0. The van der Waals surface area contributed by atoms with Crippen LogP contribution in [0.25, 0.3) is 0 Å². The van der Waals surface area contributed by atoms with Crippen molar-refractivity contribution >= 4 is 29.2 Å². The van der Waals surface area contributed by atoms with Crippen molar-refractivity contribution in [2.75, 3.05) is 6.67 Å². The largest absolute Gasteiger partial charge is 0.351 e. The van der Waals surface area contributed by atoms with Gasteiger partial charge in [0.05, 0.1) is 0 Å². The summed E-state index contributed by atoms with van der Waals surface area (Å²) in [6.07, 6.45) is 0. The quantitative estimate of drug-likeness (QED) is 0.740. The fourth-order valence-electron chi connectivity index (χ4n) is 1.25. The highest BCUT2D eigenvalue weighted by Gasteiger charge is 2.07. The van der Waals surface area contributed by atoms with Gasteiger partial charge >= 0.3 is 0 Å². The normalized spacial score (nSPS) is 14.7. The number of halogens is 2. The molecule has 1 aliphatic heterocycles. The Morgan fingerprint density at radius 3 is 2.67 bits per heavy atom. The van der Waals surface area contributed by atoms with Crippen LogP contribution < -0.4 is 16.2 Å². The van der Waals surface area contributed by atoms with Gasteiger partial charge in [0, 0.05) is 22.2 Å². The van der Waals surface area contributed by atoms with Gasteiger partial charge in [-0.3, -0.25) is 5.43 Å². The molecule has 0 fully saturated rings. The highest BCUT2D eigenvalue weighted by atomic mass is 35.5. The highest BCUT2D eigenvalue weighted by Crippen LogP contribution is 2.23. The van der Waals surface area contributed by atoms with Crippen LogP contribution in [-0.2, 0) is 6.54 Å². The summed E-state index contributed by atoms with van der Waals surface area (Å²) in [5.74, 6) is 0.700. The van der Waals surface area contributed by atoms with E-state index in [1.807, 2.05) is 18.2 Å². The highest BCUT2D eigenvalue weighted by molar-refractivity contribution is 6.36. The number of hydrogen-bond donors (Lipinski definition) is 3. The second kappa shape index (κ2) is 4.70. The summed E-state index contributed by atoms with van der Waals surface area (Å²) >= 11 is 12.0. The first kappa shape index (κ1) is 10.5. The number of hydrogen-bond acceptors (Lipinski definition) is 4. The summed E-state index contributed by atoms with van der Waals surface area (Å²) in [6, 6.07) is 5.44. The van der Waals surface area contributed by atoms with E-state index in [4.69, 9.17) is 23.2 Å². The van der Waals surface area contributed by atoms with Gasteiger partial charge in [0.1, 0.15) is 6.67 Å². The van der Waals surface area contributed by atoms with Crippen LogP contribution in [0.4, 0.5) is 0 Å². The van der Waals surface area contributed by atoms with E-state index in [0.29, 0.717) is 29.2 Å². The molecule has 0 amide bonds. The standard InChI is InChI=1S/C9H10Cl2N4/c10-7-2-1-3-8(11)6(7)4-12-9-13-5-14-15-9/h1-3,14H,4-5H2,(H2,12,13,15). The van der Waals surface area contributed by atoms with Crippen molar-refractivity contribution < 1.29 is 0 Å². The van der Waals surface area contributed by atoms with Gasteiger partial charge in [-0.25, -0.2) is 10.4 Å². The molecule has 0 bridgehead atoms. The molecule has 15 heavy (non-hydrogen) atoms. The number of nitrogens with one attached hydrogen (secondary N) is 3. The molecule has 6 heteroatoms. The molecule has 0 radical (unpaired) electrons. The number of guanidine groups is 1. The minimum Gasteiger partial charge on any atom is -0.351 e. The van der Waals surface area contributed by atoms with Crippen molar-refractivity contribution in [2.24, 2.45) is 4.99 Å². The van der Waals surface area contributed by atoms with Crippen LogP contribution in [0.3, 0.4) is 0 Å². The van der Waals surface area contributed by atoms with Crippen molar-refractivity contribution in [3.8, 4) is 0 Å². The Balaban J connectivity index is 2.04. The zero-order valence-corrected chi connectivity index (χ0v) is 9.36. The molecule has 80 valence electrons. The molecule has 0 saturated carbocycles. The molecule has 0 saturated heterocycles. The molecule has 0 unspecified atom stereocenters. The Bertz CT molecular complexity index is 371. The summed E-state index contributed by atoms with van der Waals surface area (Å²) in [4.78, 5) is 4.11. The van der Waals surface area contributed by atoms with Crippen LogP contribution in [0.1, 0.15) is 5.56 Å². The topological polar surface area (TPSA) is 48.5 Å². The molecule has 3 N–H and O–H groups in total. The van der Waals surface area contributed by atoms with Crippen molar-refractivity contribution in [1.29, 1.82) is 0 Å². The van der Waals surface area contributed by atoms with Gasteiger partial charge in [-0.2, -0.15) is 0 Å². The van der Waals surface area contributed by atoms with Crippen LogP contribution in [-0.4, -0.2) is 12.6 Å². The third-order valence-electron chi connectivity index (χ3n) is 2.02. The van der Waals surface area contributed by atoms with E-state index in [9.17, 15) is 0 Å². The lowest BCUT2D eigenvalue weighted by atomic mass is 10.2. The van der Waals surface area contributed by atoms with Crippen LogP contribution in [0, 0.1) is 0 Å². The molecule has 1 aliphatic rings. The Morgan fingerprint density at radius 2 is 2.07 bits per heavy atom. The van der Waals surface area contributed by atoms with E-state index < -0.39 is 0 Å². The summed E-state index contributed by atoms with van der Waals surface area (Å²) < 4.78 is 0. The Hall–Kier alpha value is -0.970. The van der Waals surface area contributed by atoms with Gasteiger partial charge in [0.2, 0.25) is 5.96 Å². The lowest BCUT2D eigenvalue weighted by Crippen LogP contribution is -2.38. The number of hydrazine groups is 1. The van der Waals surface area contributed by atoms with E-state index >= 15 is 0 Å². The third-order valence-corrected chi connectivity index (χ3v) is 2.73. The van der Waals surface area contributed by atoms with Crippen molar-refractivity contribution in [1.82, 2.24) is 16.2 Å². The zero-order valence-electron chi connectivity index (χ0n) is 7.85. The average Bonchev–Trinajstić information content (AvgIpc) is 2.70. The molecule has 0 atom stereocenters. The van der Waals surface area contributed by atoms with Gasteiger partial charge in [0.15, 0.2) is 0 Å². The Labute approximate surface area is 97.6 Å². The van der Waals surface area contributed by atoms with Crippen LogP contribution in [0.5, 0.6) is 0 Å². The van der Waals surface area contributed by atoms with E-state index in [1.54, 1.807) is 0 Å². The van der Waals surface area contributed by atoms with E-state index in [2.05, 4.69) is 21.2 Å². The average molecular weight is 245 g/mol. The monoisotopic (exact) mass is 244 g/mol. The van der Waals surface area contributed by atoms with Gasteiger partial charge in [0.25, 0.3) is 0 Å². The summed E-state index contributed by atoms with van der Waals surface area (Å²) in [5, 5.41) is 4.40. The molecule has 1 aromatic rings. The Morgan fingerprint density at radius 1 is 1.33 bits per heavy atom. The predicted octanol–water partition coefficient (Wildman–Crippen LogP) is 1.50. The van der Waals surface area contributed by atoms with Crippen molar-refractivity contribution in [3.05, 3.63) is 33.8 Å². The summed E-state index contributed by atoms with van der Waals surface area (Å²) in [6.45, 7) is 1.12. The smallest absolute Gasteiger partial charge is 0.207 e. The fraction of sp³-hybridized carbons (Fsp3) is 0.222. The van der Waals surface area contributed by atoms with Gasteiger partial charge < -0.3 is 5.32 Å². The predicted molar refractivity (Wildman–Crippen MR) is 61.9 cm³/mol. The first-order valence-electron chi connectivity index (χ1n) is 4.47. The molecule has 2 rings (SSSR count). The minimum absolute atomic E-state index is 0.548. The first-order valence-corrected chi connectivity index (χ1v) is 5.23. The molecule has 0 aromatic heterocycles. The van der Waals surface area contributed by atoms with E-state index in [-0.39, 0.29) is 0 Å². The molecule has 1 heterocycles. The maximum absolute atomic E-state index is 6.01. The fourth-order valence-corrected chi connectivity index (χ4v) is 1.79. The van der Waals surface area contributed by atoms with Crippen molar-refractivity contribution in [2.45, 2.75) is 6.54 Å². The second-order valence-corrected chi connectivity index (χ2v) is 3.83. The van der Waals surface area contributed by atoms with Crippen LogP contribution >= 0.6 is 23.2 Å². The van der Waals surface area contributed by atoms with E-state index in [0.717, 1.165) is 5.56 Å². The lowest BCUT2D eigenvalue weighted by Gasteiger charge is -2.09. The molecular weight excluding hydrogens is 235 g/mol. The van der Waals surface area contributed by atoms with Gasteiger partial charge in [-0.1, -0.05) is 29.3 Å². The maximum Gasteiger partial charge on any atom is 0.207 e. The zero-order chi connectivity index (χ0) is 10.7. The molecule has 0 spiro atoms. The summed E-state index contributed by atoms with van der Waals surface area (Å²) in [5.41, 5.74) is 6.60. The Kier molecular flexibility index (Phi) is 3.30. The molecule has 1 aromatic carbocycles. The number of rotatable bonds is 2. The lowest BCUT2D eigenvalue weighted by molar-refractivity contribution is 0.713. The molecule has 0 aliphatic carbocycles. The molecular formula is C9H10Cl2N4. The van der Waals surface area contributed by atoms with Crippen molar-refractivity contribution in [3.63, 3.8) is 0 Å². The van der Waals surface area contributed by atoms with Gasteiger partial charge in [-0.05, 0) is 12.1 Å². The number of aliphatic imine (C=N–C) groups is 1. The van der Waals surface area contributed by atoms with E-state index in [1.165, 1.54) is 0 Å². The SMILES string of the molecule is Clc1cccc(Cl)c1CNC1=NCNN1. The third kappa shape index (κ3) is 2.53. The van der Waals surface area contributed by atoms with Gasteiger partial charge in [-0.15, -0.1) is 0 Å². The number of benzene rings is 1. The first-order chi connectivity index (χ1) is 7.27. The maximum atomic E-state index is 6.01. The minimum atomic E-state index is 0.548.